The number of nitrogens with zero attached hydrogens (tertiary/aromatic N) is 2. The van der Waals surface area contributed by atoms with Crippen LogP contribution in [0.4, 0.5) is 0 Å². The average Bonchev–Trinajstić information content (AvgIpc) is 2.72. The number of hydrogen-bond donors (Lipinski definition) is 0. The lowest BCUT2D eigenvalue weighted by molar-refractivity contribution is 0.0964. The molecule has 0 fully saturated rings. The SMILES string of the molecule is CCCCCC(=O)c1c(OC)cnn1C(C)C. The van der Waals surface area contributed by atoms with E-state index < -0.39 is 0 Å². The summed E-state index contributed by atoms with van der Waals surface area (Å²) in [6.07, 6.45) is 5.33. The average molecular weight is 238 g/mol. The van der Waals surface area contributed by atoms with Gasteiger partial charge in [-0.15, -0.1) is 0 Å². The largest absolute Gasteiger partial charge is 0.493 e. The molecule has 0 aliphatic heterocycles. The molecule has 0 aliphatic rings. The quantitative estimate of drug-likeness (QED) is 0.541. The molecule has 0 atom stereocenters. The maximum absolute atomic E-state index is 12.1. The maximum atomic E-state index is 12.1. The van der Waals surface area contributed by atoms with E-state index in [-0.39, 0.29) is 11.8 Å². The van der Waals surface area contributed by atoms with Crippen molar-refractivity contribution in [2.45, 2.75) is 52.5 Å². The molecule has 0 saturated carbocycles. The fourth-order valence-corrected chi connectivity index (χ4v) is 1.81. The monoisotopic (exact) mass is 238 g/mol. The molecule has 0 aromatic carbocycles. The van der Waals surface area contributed by atoms with Crippen molar-refractivity contribution >= 4 is 5.78 Å². The van der Waals surface area contributed by atoms with Crippen LogP contribution in [0.2, 0.25) is 0 Å². The summed E-state index contributed by atoms with van der Waals surface area (Å²) in [5, 5.41) is 4.21. The second kappa shape index (κ2) is 6.42. The Bertz CT molecular complexity index is 369. The summed E-state index contributed by atoms with van der Waals surface area (Å²) in [5.41, 5.74) is 0.610. The van der Waals surface area contributed by atoms with E-state index in [9.17, 15) is 4.79 Å². The van der Waals surface area contributed by atoms with Crippen molar-refractivity contribution in [3.63, 3.8) is 0 Å². The van der Waals surface area contributed by atoms with Gasteiger partial charge < -0.3 is 4.74 Å². The number of ketones is 1. The highest BCUT2D eigenvalue weighted by Gasteiger charge is 2.20. The van der Waals surface area contributed by atoms with Crippen molar-refractivity contribution in [2.75, 3.05) is 7.11 Å². The first kappa shape index (κ1) is 13.7. The van der Waals surface area contributed by atoms with Gasteiger partial charge in [-0.25, -0.2) is 0 Å². The van der Waals surface area contributed by atoms with Gasteiger partial charge in [0, 0.05) is 12.5 Å². The summed E-state index contributed by atoms with van der Waals surface area (Å²) in [7, 11) is 1.57. The Morgan fingerprint density at radius 2 is 2.18 bits per heavy atom. The summed E-state index contributed by atoms with van der Waals surface area (Å²) in [4.78, 5) is 12.1. The van der Waals surface area contributed by atoms with Crippen LogP contribution in [0.15, 0.2) is 6.20 Å². The van der Waals surface area contributed by atoms with Gasteiger partial charge in [-0.3, -0.25) is 9.48 Å². The van der Waals surface area contributed by atoms with Crippen molar-refractivity contribution < 1.29 is 9.53 Å². The van der Waals surface area contributed by atoms with Crippen molar-refractivity contribution in [1.82, 2.24) is 9.78 Å². The molecule has 0 radical (unpaired) electrons. The number of carbonyl (C=O) groups excluding carboxylic acids is 1. The summed E-state index contributed by atoms with van der Waals surface area (Å²) >= 11 is 0. The number of aromatic nitrogens is 2. The molecule has 0 aliphatic carbocycles. The molecule has 0 unspecified atom stereocenters. The second-order valence-electron chi connectivity index (χ2n) is 4.48. The molecule has 17 heavy (non-hydrogen) atoms. The maximum Gasteiger partial charge on any atom is 0.184 e. The van der Waals surface area contributed by atoms with Gasteiger partial charge in [0.15, 0.2) is 11.5 Å². The van der Waals surface area contributed by atoms with Crippen LogP contribution in [0.3, 0.4) is 0 Å². The minimum Gasteiger partial charge on any atom is -0.493 e. The number of ether oxygens (including phenoxy) is 1. The Hall–Kier alpha value is -1.32. The van der Waals surface area contributed by atoms with Gasteiger partial charge in [-0.05, 0) is 20.3 Å². The lowest BCUT2D eigenvalue weighted by Gasteiger charge is -2.11. The van der Waals surface area contributed by atoms with E-state index in [1.165, 1.54) is 0 Å². The molecule has 1 heterocycles. The van der Waals surface area contributed by atoms with Gasteiger partial charge in [0.1, 0.15) is 5.69 Å². The third-order valence-corrected chi connectivity index (χ3v) is 2.74. The lowest BCUT2D eigenvalue weighted by Crippen LogP contribution is -2.13. The molecular formula is C13H22N2O2. The summed E-state index contributed by atoms with van der Waals surface area (Å²) < 4.78 is 6.94. The van der Waals surface area contributed by atoms with E-state index in [2.05, 4.69) is 12.0 Å². The number of hydrogen-bond acceptors (Lipinski definition) is 3. The Balaban J connectivity index is 2.85. The molecule has 0 saturated heterocycles. The molecule has 1 rings (SSSR count). The van der Waals surface area contributed by atoms with E-state index in [1.54, 1.807) is 18.0 Å². The first-order valence-corrected chi connectivity index (χ1v) is 6.26. The van der Waals surface area contributed by atoms with Gasteiger partial charge >= 0.3 is 0 Å². The van der Waals surface area contributed by atoms with Crippen molar-refractivity contribution in [1.29, 1.82) is 0 Å². The van der Waals surface area contributed by atoms with Crippen LogP contribution in [-0.4, -0.2) is 22.7 Å². The molecule has 0 N–H and O–H groups in total. The highest BCUT2D eigenvalue weighted by atomic mass is 16.5. The summed E-state index contributed by atoms with van der Waals surface area (Å²) in [5.74, 6) is 0.710. The molecule has 4 nitrogen and oxygen atoms in total. The molecule has 1 aromatic heterocycles. The fraction of sp³-hybridized carbons (Fsp3) is 0.692. The second-order valence-corrected chi connectivity index (χ2v) is 4.48. The Kier molecular flexibility index (Phi) is 5.19. The van der Waals surface area contributed by atoms with Crippen LogP contribution in [0, 0.1) is 0 Å². The zero-order valence-corrected chi connectivity index (χ0v) is 11.2. The van der Waals surface area contributed by atoms with E-state index in [0.717, 1.165) is 19.3 Å². The van der Waals surface area contributed by atoms with Crippen LogP contribution < -0.4 is 4.74 Å². The summed E-state index contributed by atoms with van der Waals surface area (Å²) in [6, 6.07) is 0.170. The van der Waals surface area contributed by atoms with Crippen LogP contribution in [0.1, 0.15) is 63.0 Å². The molecule has 1 aromatic rings. The minimum atomic E-state index is 0.126. The number of methoxy groups -OCH3 is 1. The fourth-order valence-electron chi connectivity index (χ4n) is 1.81. The Morgan fingerprint density at radius 3 is 2.71 bits per heavy atom. The van der Waals surface area contributed by atoms with Gasteiger partial charge in [0.05, 0.1) is 13.3 Å². The molecule has 0 amide bonds. The first-order chi connectivity index (χ1) is 8.11. The van der Waals surface area contributed by atoms with Crippen molar-refractivity contribution in [2.24, 2.45) is 0 Å². The third kappa shape index (κ3) is 3.32. The lowest BCUT2D eigenvalue weighted by atomic mass is 10.1. The highest BCUT2D eigenvalue weighted by Crippen LogP contribution is 2.23. The van der Waals surface area contributed by atoms with Crippen molar-refractivity contribution in [3.8, 4) is 5.75 Å². The van der Waals surface area contributed by atoms with Crippen LogP contribution >= 0.6 is 0 Å². The number of carbonyl (C=O) groups is 1. The predicted octanol–water partition coefficient (Wildman–Crippen LogP) is 3.24. The smallest absolute Gasteiger partial charge is 0.184 e. The molecule has 96 valence electrons. The van der Waals surface area contributed by atoms with E-state index in [4.69, 9.17) is 4.74 Å². The van der Waals surface area contributed by atoms with Gasteiger partial charge in [-0.2, -0.15) is 5.10 Å². The van der Waals surface area contributed by atoms with Gasteiger partial charge in [-0.1, -0.05) is 19.8 Å². The van der Waals surface area contributed by atoms with Gasteiger partial charge in [0.2, 0.25) is 0 Å². The standard InChI is InChI=1S/C13H22N2O2/c1-5-6-7-8-11(16)13-12(17-4)9-14-15(13)10(2)3/h9-10H,5-8H2,1-4H3. The van der Waals surface area contributed by atoms with E-state index in [1.807, 2.05) is 13.8 Å². The Labute approximate surface area is 103 Å². The number of unbranched alkanes of at least 4 members (excludes halogenated alkanes) is 2. The van der Waals surface area contributed by atoms with Crippen LogP contribution in [0.25, 0.3) is 0 Å². The summed E-state index contributed by atoms with van der Waals surface area (Å²) in [6.45, 7) is 6.15. The Morgan fingerprint density at radius 1 is 1.47 bits per heavy atom. The van der Waals surface area contributed by atoms with Gasteiger partial charge in [0.25, 0.3) is 0 Å². The molecule has 0 bridgehead atoms. The van der Waals surface area contributed by atoms with Crippen LogP contribution in [0.5, 0.6) is 5.75 Å². The van der Waals surface area contributed by atoms with Crippen LogP contribution in [-0.2, 0) is 0 Å². The number of rotatable bonds is 7. The molecule has 0 spiro atoms. The van der Waals surface area contributed by atoms with E-state index >= 15 is 0 Å². The van der Waals surface area contributed by atoms with Crippen molar-refractivity contribution in [3.05, 3.63) is 11.9 Å². The number of Topliss-reactive ketones (excluding diaryl/α,β-unsaturated/α-hetero) is 1. The minimum absolute atomic E-state index is 0.126. The third-order valence-electron chi connectivity index (χ3n) is 2.74. The topological polar surface area (TPSA) is 44.1 Å². The first-order valence-electron chi connectivity index (χ1n) is 6.26. The zero-order chi connectivity index (χ0) is 12.8. The highest BCUT2D eigenvalue weighted by molar-refractivity contribution is 5.97. The normalized spacial score (nSPS) is 10.9. The zero-order valence-electron chi connectivity index (χ0n) is 11.2. The molecular weight excluding hydrogens is 216 g/mol. The molecule has 4 heteroatoms. The predicted molar refractivity (Wildman–Crippen MR) is 67.6 cm³/mol. The van der Waals surface area contributed by atoms with E-state index in [0.29, 0.717) is 17.9 Å².